The molecule has 0 aliphatic carbocycles. The van der Waals surface area contributed by atoms with Crippen LogP contribution < -0.4 is 14.8 Å². The second-order valence-electron chi connectivity index (χ2n) is 4.05. The Hall–Kier alpha value is -1.54. The Morgan fingerprint density at radius 3 is 2.43 bits per heavy atom. The van der Waals surface area contributed by atoms with Gasteiger partial charge in [0.05, 0.1) is 0 Å². The van der Waals surface area contributed by atoms with Gasteiger partial charge in [-0.3, -0.25) is 0 Å². The number of hydrogen-bond acceptors (Lipinski definition) is 4. The number of nitrogens with one attached hydrogen (secondary N) is 1. The molecule has 120 valence electrons. The predicted molar refractivity (Wildman–Crippen MR) is 67.9 cm³/mol. The highest BCUT2D eigenvalue weighted by atomic mass is 19.3. The molecule has 1 N–H and O–H groups in total. The van der Waals surface area contributed by atoms with E-state index in [1.807, 2.05) is 0 Å². The summed E-state index contributed by atoms with van der Waals surface area (Å²) in [5.41, 5.74) is 0.425. The van der Waals surface area contributed by atoms with Gasteiger partial charge in [0, 0.05) is 31.9 Å². The van der Waals surface area contributed by atoms with E-state index in [2.05, 4.69) is 14.8 Å². The van der Waals surface area contributed by atoms with Gasteiger partial charge >= 0.3 is 13.2 Å². The number of methoxy groups -OCH3 is 1. The second kappa shape index (κ2) is 9.41. The first-order valence-corrected chi connectivity index (χ1v) is 6.25. The fourth-order valence-electron chi connectivity index (χ4n) is 1.63. The highest BCUT2D eigenvalue weighted by Crippen LogP contribution is 2.27. The average molecular weight is 311 g/mol. The highest BCUT2D eigenvalue weighted by Gasteiger charge is 2.13. The minimum atomic E-state index is -3.04. The number of alkyl halides is 4. The fraction of sp³-hybridized carbons (Fsp3) is 0.538. The van der Waals surface area contributed by atoms with Crippen molar-refractivity contribution >= 4 is 0 Å². The summed E-state index contributed by atoms with van der Waals surface area (Å²) >= 11 is 0. The molecule has 8 heteroatoms. The number of benzene rings is 1. The van der Waals surface area contributed by atoms with Crippen LogP contribution in [0, 0.1) is 0 Å². The molecule has 4 nitrogen and oxygen atoms in total. The molecule has 0 aliphatic rings. The first-order valence-electron chi connectivity index (χ1n) is 6.25. The van der Waals surface area contributed by atoms with Crippen molar-refractivity contribution in [2.45, 2.75) is 26.2 Å². The summed E-state index contributed by atoms with van der Waals surface area (Å²) in [7, 11) is 1.58. The Kier molecular flexibility index (Phi) is 7.84. The van der Waals surface area contributed by atoms with Crippen molar-refractivity contribution in [3.05, 3.63) is 23.8 Å². The zero-order chi connectivity index (χ0) is 15.7. The maximum absolute atomic E-state index is 12.3. The summed E-state index contributed by atoms with van der Waals surface area (Å²) in [6.07, 6.45) is 0.758. The molecule has 1 aromatic rings. The molecule has 1 rings (SSSR count). The van der Waals surface area contributed by atoms with Gasteiger partial charge < -0.3 is 19.5 Å². The monoisotopic (exact) mass is 311 g/mol. The molecule has 21 heavy (non-hydrogen) atoms. The first kappa shape index (κ1) is 17.5. The van der Waals surface area contributed by atoms with Crippen LogP contribution in [0.25, 0.3) is 0 Å². The SMILES string of the molecule is COCCCNCc1ccc(OC(F)F)cc1OC(F)F. The van der Waals surface area contributed by atoms with Gasteiger partial charge in [0.1, 0.15) is 11.5 Å². The smallest absolute Gasteiger partial charge is 0.387 e. The Labute approximate surface area is 120 Å². The summed E-state index contributed by atoms with van der Waals surface area (Å²) in [6, 6.07) is 3.69. The molecule has 0 heterocycles. The Morgan fingerprint density at radius 1 is 1.10 bits per heavy atom. The lowest BCUT2D eigenvalue weighted by molar-refractivity contribution is -0.0546. The lowest BCUT2D eigenvalue weighted by Crippen LogP contribution is -2.17. The molecule has 0 bridgehead atoms. The topological polar surface area (TPSA) is 39.7 Å². The fourth-order valence-corrected chi connectivity index (χ4v) is 1.63. The predicted octanol–water partition coefficient (Wildman–Crippen LogP) is 3.02. The van der Waals surface area contributed by atoms with Gasteiger partial charge in [-0.25, -0.2) is 0 Å². The van der Waals surface area contributed by atoms with Crippen LogP contribution >= 0.6 is 0 Å². The Bertz CT molecular complexity index is 418. The van der Waals surface area contributed by atoms with Crippen molar-refractivity contribution in [2.24, 2.45) is 0 Å². The molecule has 0 spiro atoms. The first-order chi connectivity index (χ1) is 10.0. The molecule has 0 saturated carbocycles. The van der Waals surface area contributed by atoms with Gasteiger partial charge in [0.15, 0.2) is 0 Å². The van der Waals surface area contributed by atoms with Crippen molar-refractivity contribution in [1.82, 2.24) is 5.32 Å². The van der Waals surface area contributed by atoms with Crippen molar-refractivity contribution in [1.29, 1.82) is 0 Å². The molecular weight excluding hydrogens is 294 g/mol. The van der Waals surface area contributed by atoms with Crippen LogP contribution in [0.4, 0.5) is 17.6 Å². The minimum absolute atomic E-state index is 0.192. The summed E-state index contributed by atoms with van der Waals surface area (Å²) in [6.45, 7) is -4.60. The maximum Gasteiger partial charge on any atom is 0.387 e. The summed E-state index contributed by atoms with van der Waals surface area (Å²) in [5, 5.41) is 3.02. The number of ether oxygens (including phenoxy) is 3. The van der Waals surface area contributed by atoms with Crippen LogP contribution in [0.3, 0.4) is 0 Å². The van der Waals surface area contributed by atoms with Crippen molar-refractivity contribution in [2.75, 3.05) is 20.3 Å². The van der Waals surface area contributed by atoms with E-state index >= 15 is 0 Å². The molecular formula is C13H17F4NO3. The third kappa shape index (κ3) is 7.14. The zero-order valence-corrected chi connectivity index (χ0v) is 11.5. The van der Waals surface area contributed by atoms with Gasteiger partial charge in [0.25, 0.3) is 0 Å². The van der Waals surface area contributed by atoms with E-state index in [4.69, 9.17) is 4.74 Å². The van der Waals surface area contributed by atoms with Crippen molar-refractivity contribution in [3.63, 3.8) is 0 Å². The molecule has 0 amide bonds. The van der Waals surface area contributed by atoms with E-state index in [9.17, 15) is 17.6 Å². The highest BCUT2D eigenvalue weighted by molar-refractivity contribution is 5.40. The average Bonchev–Trinajstić information content (AvgIpc) is 2.39. The molecule has 0 unspecified atom stereocenters. The zero-order valence-electron chi connectivity index (χ0n) is 11.5. The Balaban J connectivity index is 2.67. The largest absolute Gasteiger partial charge is 0.435 e. The molecule has 0 atom stereocenters. The quantitative estimate of drug-likeness (QED) is 0.532. The van der Waals surface area contributed by atoms with Gasteiger partial charge in [-0.1, -0.05) is 6.07 Å². The second-order valence-corrected chi connectivity index (χ2v) is 4.05. The van der Waals surface area contributed by atoms with Crippen LogP contribution in [-0.4, -0.2) is 33.5 Å². The van der Waals surface area contributed by atoms with Gasteiger partial charge in [-0.05, 0) is 19.0 Å². The molecule has 0 saturated heterocycles. The van der Waals surface area contributed by atoms with E-state index in [-0.39, 0.29) is 18.0 Å². The lowest BCUT2D eigenvalue weighted by atomic mass is 10.2. The molecule has 0 aliphatic heterocycles. The van der Waals surface area contributed by atoms with E-state index in [1.165, 1.54) is 12.1 Å². The molecule has 0 fully saturated rings. The number of rotatable bonds is 10. The van der Waals surface area contributed by atoms with Crippen LogP contribution in [0.5, 0.6) is 11.5 Å². The molecule has 1 aromatic carbocycles. The van der Waals surface area contributed by atoms with Gasteiger partial charge in [-0.2, -0.15) is 17.6 Å². The molecule has 0 aromatic heterocycles. The number of halogens is 4. The van der Waals surface area contributed by atoms with E-state index in [0.717, 1.165) is 12.5 Å². The number of hydrogen-bond donors (Lipinski definition) is 1. The van der Waals surface area contributed by atoms with Gasteiger partial charge in [-0.15, -0.1) is 0 Å². The van der Waals surface area contributed by atoms with Crippen molar-refractivity contribution < 1.29 is 31.8 Å². The lowest BCUT2D eigenvalue weighted by Gasteiger charge is -2.13. The maximum atomic E-state index is 12.3. The van der Waals surface area contributed by atoms with Gasteiger partial charge in [0.2, 0.25) is 0 Å². The van der Waals surface area contributed by atoms with E-state index in [0.29, 0.717) is 18.7 Å². The third-order valence-corrected chi connectivity index (χ3v) is 2.50. The third-order valence-electron chi connectivity index (χ3n) is 2.50. The van der Waals surface area contributed by atoms with Crippen LogP contribution in [0.15, 0.2) is 18.2 Å². The van der Waals surface area contributed by atoms with Crippen LogP contribution in [0.2, 0.25) is 0 Å². The van der Waals surface area contributed by atoms with Crippen LogP contribution in [0.1, 0.15) is 12.0 Å². The van der Waals surface area contributed by atoms with Crippen LogP contribution in [-0.2, 0) is 11.3 Å². The Morgan fingerprint density at radius 2 is 1.81 bits per heavy atom. The standard InChI is InChI=1S/C13H17F4NO3/c1-19-6-2-5-18-8-9-3-4-10(20-12(14)15)7-11(9)21-13(16)17/h3-4,7,12-13,18H,2,5-6,8H2,1H3. The molecule has 0 radical (unpaired) electrons. The van der Waals surface area contributed by atoms with E-state index in [1.54, 1.807) is 7.11 Å². The van der Waals surface area contributed by atoms with E-state index < -0.39 is 13.2 Å². The summed E-state index contributed by atoms with van der Waals surface area (Å²) in [5.74, 6) is -0.425. The summed E-state index contributed by atoms with van der Waals surface area (Å²) < 4.78 is 62.2. The summed E-state index contributed by atoms with van der Waals surface area (Å²) in [4.78, 5) is 0. The minimum Gasteiger partial charge on any atom is -0.435 e. The normalized spacial score (nSPS) is 11.2. The van der Waals surface area contributed by atoms with Crippen molar-refractivity contribution in [3.8, 4) is 11.5 Å².